The van der Waals surface area contributed by atoms with Gasteiger partial charge in [-0.3, -0.25) is 9.59 Å². The molecule has 6 nitrogen and oxygen atoms in total. The van der Waals surface area contributed by atoms with Gasteiger partial charge in [0, 0.05) is 11.5 Å². The summed E-state index contributed by atoms with van der Waals surface area (Å²) in [7, 11) is -3.95. The van der Waals surface area contributed by atoms with Gasteiger partial charge in [-0.2, -0.15) is 0 Å². The van der Waals surface area contributed by atoms with E-state index in [2.05, 4.69) is 49.2 Å². The van der Waals surface area contributed by atoms with E-state index in [9.17, 15) is 9.59 Å². The lowest BCUT2D eigenvalue weighted by molar-refractivity contribution is -0.137. The first-order chi connectivity index (χ1) is 13.2. The first-order valence-electron chi connectivity index (χ1n) is 10.4. The van der Waals surface area contributed by atoms with Gasteiger partial charge < -0.3 is 18.8 Å². The van der Waals surface area contributed by atoms with Crippen LogP contribution in [0.2, 0.25) is 78.6 Å². The summed E-state index contributed by atoms with van der Waals surface area (Å²) in [4.78, 5) is 32.4. The third kappa shape index (κ3) is 17.0. The minimum atomic E-state index is -1.94. The van der Waals surface area contributed by atoms with Crippen molar-refractivity contribution in [2.45, 2.75) is 90.6 Å². The molecule has 0 aliphatic heterocycles. The van der Waals surface area contributed by atoms with E-state index in [1.807, 2.05) is 39.3 Å². The summed E-state index contributed by atoms with van der Waals surface area (Å²) in [6, 6.07) is -0.642. The van der Waals surface area contributed by atoms with E-state index in [1.54, 1.807) is 21.6 Å². The van der Waals surface area contributed by atoms with Crippen LogP contribution in [-0.2, 0) is 18.4 Å². The number of carbonyl (C=O) groups excluding carboxylic acids is 2. The Balaban J connectivity index is 4.98. The van der Waals surface area contributed by atoms with E-state index >= 15 is 0 Å². The maximum absolute atomic E-state index is 12.7. The summed E-state index contributed by atoms with van der Waals surface area (Å²) in [5, 5.41) is 0. The lowest BCUT2D eigenvalue weighted by Crippen LogP contribution is -2.54. The molecule has 0 aromatic carbocycles. The summed E-state index contributed by atoms with van der Waals surface area (Å²) >= 11 is 0. The normalized spacial score (nSPS) is 15.5. The molecule has 0 aliphatic rings. The Morgan fingerprint density at radius 1 is 0.633 bits per heavy atom. The summed E-state index contributed by atoms with van der Waals surface area (Å²) in [6.07, 6.45) is 0. The van der Waals surface area contributed by atoms with Crippen LogP contribution in [0, 0.1) is 0 Å². The van der Waals surface area contributed by atoms with Crippen molar-refractivity contribution in [1.29, 1.82) is 0 Å². The molecule has 0 bridgehead atoms. The summed E-state index contributed by atoms with van der Waals surface area (Å²) in [6.45, 7) is 25.2. The van der Waals surface area contributed by atoms with Gasteiger partial charge in [0.15, 0.2) is 0 Å². The molecule has 30 heavy (non-hydrogen) atoms. The molecule has 12 heteroatoms. The highest BCUT2D eigenvalue weighted by Crippen LogP contribution is 2.25. The minimum Gasteiger partial charge on any atom is -0.519 e. The van der Waals surface area contributed by atoms with Crippen molar-refractivity contribution in [3.05, 3.63) is 0 Å². The Hall–Kier alpha value is 0.428. The highest BCUT2D eigenvalue weighted by atomic mass is 33.1. The van der Waals surface area contributed by atoms with E-state index in [4.69, 9.17) is 8.85 Å². The molecule has 0 aromatic heterocycles. The van der Waals surface area contributed by atoms with Gasteiger partial charge in [0.1, 0.15) is 28.6 Å². The maximum Gasteiger partial charge on any atom is 0.310 e. The number of rotatable bonds is 13. The highest BCUT2D eigenvalue weighted by molar-refractivity contribution is 8.76. The number of hydrogen-bond donors (Lipinski definition) is 2. The number of carbonyl (C=O) groups is 2. The molecule has 0 aliphatic carbocycles. The van der Waals surface area contributed by atoms with E-state index < -0.39 is 33.1 Å². The summed E-state index contributed by atoms with van der Waals surface area (Å²) < 4.78 is 11.5. The van der Waals surface area contributed by atoms with Gasteiger partial charge in [-0.15, -0.1) is 0 Å². The molecule has 0 amide bonds. The van der Waals surface area contributed by atoms with Crippen molar-refractivity contribution < 1.29 is 18.4 Å². The third-order valence-corrected chi connectivity index (χ3v) is 9.63. The molecule has 0 saturated heterocycles. The van der Waals surface area contributed by atoms with Crippen molar-refractivity contribution in [2.24, 2.45) is 0 Å². The molecule has 0 saturated carbocycles. The number of hydrogen-bond acceptors (Lipinski definition) is 8. The van der Waals surface area contributed by atoms with E-state index in [0.717, 1.165) is 0 Å². The topological polar surface area (TPSA) is 76.7 Å². The fourth-order valence-electron chi connectivity index (χ4n) is 2.36. The molecular weight excluding hydrogens is 485 g/mol. The first kappa shape index (κ1) is 30.4. The highest BCUT2D eigenvalue weighted by Gasteiger charge is 2.32. The van der Waals surface area contributed by atoms with Crippen LogP contribution in [0.15, 0.2) is 0 Å². The van der Waals surface area contributed by atoms with Crippen molar-refractivity contribution >= 4 is 66.6 Å². The fraction of sp³-hybridized carbons (Fsp3) is 0.889. The van der Waals surface area contributed by atoms with Crippen LogP contribution in [-0.4, -0.2) is 68.6 Å². The number of nitrogens with one attached hydrogen (secondary N) is 2. The van der Waals surface area contributed by atoms with Gasteiger partial charge in [-0.25, -0.2) is 0 Å². The van der Waals surface area contributed by atoms with Gasteiger partial charge in [0.2, 0.25) is 16.6 Å². The van der Waals surface area contributed by atoms with Crippen LogP contribution < -0.4 is 9.96 Å². The van der Waals surface area contributed by atoms with Gasteiger partial charge in [-0.1, -0.05) is 60.9 Å². The van der Waals surface area contributed by atoms with Crippen LogP contribution in [0.5, 0.6) is 0 Å². The Kier molecular flexibility index (Phi) is 12.2. The Morgan fingerprint density at radius 3 is 1.10 bits per heavy atom. The molecule has 2 atom stereocenters. The molecule has 178 valence electrons. The summed E-state index contributed by atoms with van der Waals surface area (Å²) in [5.74, 6) is 0.918. The molecule has 0 rings (SSSR count). The lowest BCUT2D eigenvalue weighted by atomic mass is 10.4. The van der Waals surface area contributed by atoms with Crippen LogP contribution in [0.3, 0.4) is 0 Å². The second-order valence-corrected chi connectivity index (χ2v) is 32.5. The molecule has 0 radical (unpaired) electrons. The van der Waals surface area contributed by atoms with Crippen molar-refractivity contribution in [3.8, 4) is 0 Å². The van der Waals surface area contributed by atoms with E-state index in [1.165, 1.54) is 0 Å². The molecule has 0 fully saturated rings. The zero-order valence-electron chi connectivity index (χ0n) is 21.0. The Bertz CT molecular complexity index is 520. The largest absolute Gasteiger partial charge is 0.519 e. The molecule has 0 heterocycles. The molecule has 0 spiro atoms. The van der Waals surface area contributed by atoms with E-state index in [-0.39, 0.29) is 24.0 Å². The smallest absolute Gasteiger partial charge is 0.310 e. The van der Waals surface area contributed by atoms with Gasteiger partial charge >= 0.3 is 11.9 Å². The van der Waals surface area contributed by atoms with E-state index in [0.29, 0.717) is 11.5 Å². The summed E-state index contributed by atoms with van der Waals surface area (Å²) in [5.41, 5.74) is 0. The van der Waals surface area contributed by atoms with Crippen LogP contribution in [0.25, 0.3) is 0 Å². The standard InChI is InChI=1S/C18H44N2O4S2Si4/c1-27(2,3)19-15(17(21)23-29(7,8)9)13-25-26-14-16(20-28(4,5)6)18(22)24-30(10,11)12/h15-16,19-20H,13-14H2,1-12H3/t15-,16?/m0/s1. The van der Waals surface area contributed by atoms with Crippen molar-refractivity contribution in [1.82, 2.24) is 9.96 Å². The van der Waals surface area contributed by atoms with Gasteiger partial charge in [0.05, 0.1) is 0 Å². The quantitative estimate of drug-likeness (QED) is 0.202. The molecule has 2 N–H and O–H groups in total. The second kappa shape index (κ2) is 12.0. The fourth-order valence-corrected chi connectivity index (χ4v) is 8.98. The van der Waals surface area contributed by atoms with Gasteiger partial charge in [-0.05, 0) is 39.3 Å². The van der Waals surface area contributed by atoms with Crippen molar-refractivity contribution in [3.63, 3.8) is 0 Å². The Labute approximate surface area is 196 Å². The molecule has 0 aromatic rings. The van der Waals surface area contributed by atoms with Crippen LogP contribution in [0.4, 0.5) is 0 Å². The minimum absolute atomic E-state index is 0.153. The maximum atomic E-state index is 12.7. The monoisotopic (exact) mass is 528 g/mol. The Morgan fingerprint density at radius 2 is 0.900 bits per heavy atom. The SMILES string of the molecule is C[Si](C)(C)NC(CSSC[C@H](N[Si](C)(C)C)C(=O)O[Si](C)(C)C)C(=O)O[Si](C)(C)C. The van der Waals surface area contributed by atoms with Crippen molar-refractivity contribution in [2.75, 3.05) is 11.5 Å². The second-order valence-electron chi connectivity index (χ2n) is 11.5. The molecular formula is C18H44N2O4S2Si4. The average molecular weight is 529 g/mol. The zero-order valence-corrected chi connectivity index (χ0v) is 26.7. The predicted octanol–water partition coefficient (Wildman–Crippen LogP) is 4.71. The lowest BCUT2D eigenvalue weighted by Gasteiger charge is -2.29. The first-order valence-corrected chi connectivity index (χ1v) is 26.7. The predicted molar refractivity (Wildman–Crippen MR) is 144 cm³/mol. The average Bonchev–Trinajstić information content (AvgIpc) is 2.42. The molecule has 1 unspecified atom stereocenters. The third-order valence-electron chi connectivity index (χ3n) is 3.15. The van der Waals surface area contributed by atoms with Gasteiger partial charge in [0.25, 0.3) is 0 Å². The van der Waals surface area contributed by atoms with Crippen LogP contribution >= 0.6 is 21.6 Å². The zero-order chi connectivity index (χ0) is 24.0. The van der Waals surface area contributed by atoms with Crippen LogP contribution in [0.1, 0.15) is 0 Å².